The quantitative estimate of drug-likeness (QED) is 0.665. The Bertz CT molecular complexity index is 876. The summed E-state index contributed by atoms with van der Waals surface area (Å²) in [5, 5.41) is 3.00. The van der Waals surface area contributed by atoms with Gasteiger partial charge in [0.1, 0.15) is 11.9 Å². The van der Waals surface area contributed by atoms with Crippen LogP contribution in [0.5, 0.6) is 5.75 Å². The van der Waals surface area contributed by atoms with Gasteiger partial charge in [-0.05, 0) is 61.6 Å². The summed E-state index contributed by atoms with van der Waals surface area (Å²) in [7, 11) is 1.64. The number of ether oxygens (including phenoxy) is 2. The molecule has 1 saturated heterocycles. The fourth-order valence-corrected chi connectivity index (χ4v) is 3.94. The van der Waals surface area contributed by atoms with E-state index in [-0.39, 0.29) is 5.91 Å². The smallest absolute Gasteiger partial charge is 0.253 e. The van der Waals surface area contributed by atoms with Gasteiger partial charge >= 0.3 is 0 Å². The van der Waals surface area contributed by atoms with Gasteiger partial charge in [-0.2, -0.15) is 0 Å². The maximum atomic E-state index is 12.6. The van der Waals surface area contributed by atoms with Crippen LogP contribution in [-0.2, 0) is 16.1 Å². The summed E-state index contributed by atoms with van der Waals surface area (Å²) in [6.45, 7) is 7.69. The number of rotatable bonds is 9. The number of nitrogens with zero attached hydrogens (tertiary/aromatic N) is 2. The van der Waals surface area contributed by atoms with Gasteiger partial charge in [0.25, 0.3) is 5.91 Å². The minimum Gasteiger partial charge on any atom is -0.497 e. The van der Waals surface area contributed by atoms with E-state index in [0.29, 0.717) is 6.61 Å². The van der Waals surface area contributed by atoms with Gasteiger partial charge in [0.15, 0.2) is 0 Å². The third-order valence-corrected chi connectivity index (χ3v) is 6.07. The molecule has 1 saturated carbocycles. The van der Waals surface area contributed by atoms with Crippen molar-refractivity contribution in [3.05, 3.63) is 54.1 Å². The first-order valence-electron chi connectivity index (χ1n) is 11.2. The molecule has 6 heteroatoms. The maximum absolute atomic E-state index is 12.6. The summed E-state index contributed by atoms with van der Waals surface area (Å²) in [5.41, 5.74) is 2.94. The number of anilines is 2. The second-order valence-electron chi connectivity index (χ2n) is 8.58. The highest BCUT2D eigenvalue weighted by Crippen LogP contribution is 2.30. The zero-order valence-electron chi connectivity index (χ0n) is 18.5. The molecule has 1 heterocycles. The van der Waals surface area contributed by atoms with E-state index in [0.717, 1.165) is 54.8 Å². The largest absolute Gasteiger partial charge is 0.497 e. The lowest BCUT2D eigenvalue weighted by molar-refractivity contribution is -0.127. The molecule has 1 amide bonds. The molecule has 4 rings (SSSR count). The fourth-order valence-electron chi connectivity index (χ4n) is 3.94. The van der Waals surface area contributed by atoms with E-state index < -0.39 is 6.10 Å². The highest BCUT2D eigenvalue weighted by atomic mass is 16.5. The van der Waals surface area contributed by atoms with Crippen LogP contribution in [0.25, 0.3) is 0 Å². The van der Waals surface area contributed by atoms with E-state index in [4.69, 9.17) is 9.47 Å². The molecule has 0 radical (unpaired) electrons. The van der Waals surface area contributed by atoms with Gasteiger partial charge in [-0.15, -0.1) is 0 Å². The van der Waals surface area contributed by atoms with Crippen LogP contribution in [0, 0.1) is 5.92 Å². The Balaban J connectivity index is 1.27. The highest BCUT2D eigenvalue weighted by Gasteiger charge is 2.26. The molecule has 0 spiro atoms. The number of methoxy groups -OCH3 is 1. The lowest BCUT2D eigenvalue weighted by atomic mass is 10.2. The van der Waals surface area contributed by atoms with Gasteiger partial charge in [-0.1, -0.05) is 18.2 Å². The van der Waals surface area contributed by atoms with E-state index in [9.17, 15) is 4.79 Å². The van der Waals surface area contributed by atoms with Crippen molar-refractivity contribution in [2.45, 2.75) is 32.5 Å². The molecule has 1 N–H and O–H groups in total. The number of benzene rings is 2. The van der Waals surface area contributed by atoms with Crippen LogP contribution < -0.4 is 15.0 Å². The summed E-state index contributed by atoms with van der Waals surface area (Å²) in [6.07, 6.45) is 2.26. The summed E-state index contributed by atoms with van der Waals surface area (Å²) in [5.74, 6) is 1.58. The molecule has 1 aliphatic carbocycles. The Labute approximate surface area is 185 Å². The molecule has 2 aliphatic rings. The third kappa shape index (κ3) is 6.21. The van der Waals surface area contributed by atoms with Crippen molar-refractivity contribution in [2.75, 3.05) is 50.1 Å². The van der Waals surface area contributed by atoms with Crippen LogP contribution in [0.15, 0.2) is 48.5 Å². The summed E-state index contributed by atoms with van der Waals surface area (Å²) in [4.78, 5) is 17.6. The standard InChI is InChI=1S/C25H33N3O3/c1-19(31-18-21-5-3-8-24(15-21)30-2)25(29)26-22-6-4-7-23(16-22)28-13-11-27(12-14-28)17-20-9-10-20/h3-8,15-16,19-20H,9-14,17-18H2,1-2H3,(H,26,29). The molecule has 2 fully saturated rings. The number of hydrogen-bond acceptors (Lipinski definition) is 5. The normalized spacial score (nSPS) is 17.9. The molecular formula is C25H33N3O3. The fraction of sp³-hybridized carbons (Fsp3) is 0.480. The first-order valence-corrected chi connectivity index (χ1v) is 11.2. The molecular weight excluding hydrogens is 390 g/mol. The number of carbonyl (C=O) groups is 1. The van der Waals surface area contributed by atoms with Gasteiger partial charge in [-0.3, -0.25) is 9.69 Å². The summed E-state index contributed by atoms with van der Waals surface area (Å²) >= 11 is 0. The van der Waals surface area contributed by atoms with Crippen LogP contribution in [0.4, 0.5) is 11.4 Å². The van der Waals surface area contributed by atoms with Crippen molar-refractivity contribution in [1.29, 1.82) is 0 Å². The summed E-state index contributed by atoms with van der Waals surface area (Å²) < 4.78 is 11.0. The Hall–Kier alpha value is -2.57. The van der Waals surface area contributed by atoms with Crippen LogP contribution in [0.1, 0.15) is 25.3 Å². The number of hydrogen-bond donors (Lipinski definition) is 1. The van der Waals surface area contributed by atoms with Gasteiger partial charge < -0.3 is 19.7 Å². The molecule has 1 atom stereocenters. The average Bonchev–Trinajstić information content (AvgIpc) is 3.62. The van der Waals surface area contributed by atoms with Gasteiger partial charge in [-0.25, -0.2) is 0 Å². The van der Waals surface area contributed by atoms with Crippen molar-refractivity contribution in [3.63, 3.8) is 0 Å². The van der Waals surface area contributed by atoms with E-state index in [1.807, 2.05) is 36.4 Å². The number of carbonyl (C=O) groups excluding carboxylic acids is 1. The van der Waals surface area contributed by atoms with Crippen LogP contribution in [0.2, 0.25) is 0 Å². The zero-order valence-corrected chi connectivity index (χ0v) is 18.5. The van der Waals surface area contributed by atoms with Crippen molar-refractivity contribution in [1.82, 2.24) is 4.90 Å². The number of piperazine rings is 1. The minimum absolute atomic E-state index is 0.144. The van der Waals surface area contributed by atoms with Crippen molar-refractivity contribution in [2.24, 2.45) is 5.92 Å². The molecule has 0 aromatic heterocycles. The lowest BCUT2D eigenvalue weighted by Crippen LogP contribution is -2.47. The molecule has 0 bridgehead atoms. The SMILES string of the molecule is COc1cccc(COC(C)C(=O)Nc2cccc(N3CCN(CC4CC4)CC3)c2)c1. The topological polar surface area (TPSA) is 54.0 Å². The van der Waals surface area contributed by atoms with Crippen molar-refractivity contribution in [3.8, 4) is 5.75 Å². The molecule has 2 aromatic rings. The second-order valence-corrected chi connectivity index (χ2v) is 8.58. The Morgan fingerprint density at radius 2 is 1.87 bits per heavy atom. The number of amides is 1. The predicted octanol–water partition coefficient (Wildman–Crippen LogP) is 3.77. The zero-order chi connectivity index (χ0) is 21.6. The average molecular weight is 424 g/mol. The molecule has 6 nitrogen and oxygen atoms in total. The van der Waals surface area contributed by atoms with Crippen LogP contribution in [-0.4, -0.2) is 56.7 Å². The van der Waals surface area contributed by atoms with E-state index in [1.165, 1.54) is 19.4 Å². The van der Waals surface area contributed by atoms with Crippen LogP contribution >= 0.6 is 0 Å². The highest BCUT2D eigenvalue weighted by molar-refractivity contribution is 5.94. The molecule has 31 heavy (non-hydrogen) atoms. The first kappa shape index (κ1) is 21.7. The van der Waals surface area contributed by atoms with E-state index in [2.05, 4.69) is 27.2 Å². The summed E-state index contributed by atoms with van der Waals surface area (Å²) in [6, 6.07) is 15.8. The van der Waals surface area contributed by atoms with Gasteiger partial charge in [0, 0.05) is 44.1 Å². The Morgan fingerprint density at radius 3 is 2.61 bits per heavy atom. The van der Waals surface area contributed by atoms with Gasteiger partial charge in [0.05, 0.1) is 13.7 Å². The maximum Gasteiger partial charge on any atom is 0.253 e. The van der Waals surface area contributed by atoms with Gasteiger partial charge in [0.2, 0.25) is 0 Å². The second kappa shape index (κ2) is 10.2. The van der Waals surface area contributed by atoms with Crippen LogP contribution in [0.3, 0.4) is 0 Å². The molecule has 1 unspecified atom stereocenters. The van der Waals surface area contributed by atoms with Crippen molar-refractivity contribution >= 4 is 17.3 Å². The van der Waals surface area contributed by atoms with Crippen molar-refractivity contribution < 1.29 is 14.3 Å². The lowest BCUT2D eigenvalue weighted by Gasteiger charge is -2.36. The molecule has 166 valence electrons. The minimum atomic E-state index is -0.555. The predicted molar refractivity (Wildman–Crippen MR) is 124 cm³/mol. The third-order valence-electron chi connectivity index (χ3n) is 6.07. The monoisotopic (exact) mass is 423 g/mol. The molecule has 2 aromatic carbocycles. The Kier molecular flexibility index (Phi) is 7.10. The molecule has 1 aliphatic heterocycles. The van der Waals surface area contributed by atoms with E-state index >= 15 is 0 Å². The Morgan fingerprint density at radius 1 is 1.10 bits per heavy atom. The van der Waals surface area contributed by atoms with E-state index in [1.54, 1.807) is 14.0 Å². The number of nitrogens with one attached hydrogen (secondary N) is 1. The first-order chi connectivity index (χ1) is 15.1.